The van der Waals surface area contributed by atoms with Gasteiger partial charge < -0.3 is 4.55 Å². The molecule has 0 amide bonds. The molecule has 0 saturated heterocycles. The van der Waals surface area contributed by atoms with Crippen LogP contribution in [0, 0.1) is 11.3 Å². The van der Waals surface area contributed by atoms with Crippen LogP contribution >= 0.6 is 24.4 Å². The first kappa shape index (κ1) is 10.3. The van der Waals surface area contributed by atoms with Crippen molar-refractivity contribution in [3.05, 3.63) is 29.8 Å². The number of benzene rings is 1. The monoisotopic (exact) mass is 187 g/mol. The van der Waals surface area contributed by atoms with Crippen molar-refractivity contribution in [2.45, 2.75) is 4.90 Å². The summed E-state index contributed by atoms with van der Waals surface area (Å²) in [7, 11) is 0. The Morgan fingerprint density at radius 3 is 2.18 bits per heavy atom. The number of hydrogen-bond donors (Lipinski definition) is 1. The summed E-state index contributed by atoms with van der Waals surface area (Å²) in [5, 5.41) is 8.38. The van der Waals surface area contributed by atoms with Crippen molar-refractivity contribution >= 4 is 24.4 Å². The molecule has 1 aromatic carbocycles. The molecule has 0 heterocycles. The van der Waals surface area contributed by atoms with E-state index in [1.54, 1.807) is 24.3 Å². The summed E-state index contributed by atoms with van der Waals surface area (Å²) in [4.78, 5) is 0.749. The third-order valence-corrected chi connectivity index (χ3v) is 1.57. The standard InChI is InChI=1S/C7H5NOS.ClH/c8-5-6-1-3-7(10-9)4-2-6;/h1-4,9H;1H. The second kappa shape index (κ2) is 5.03. The van der Waals surface area contributed by atoms with Crippen molar-refractivity contribution in [3.63, 3.8) is 0 Å². The highest BCUT2D eigenvalue weighted by molar-refractivity contribution is 7.93. The van der Waals surface area contributed by atoms with Crippen LogP contribution in [0.15, 0.2) is 29.2 Å². The van der Waals surface area contributed by atoms with Gasteiger partial charge in [-0.25, -0.2) is 0 Å². The SMILES string of the molecule is Cl.N#Cc1ccc(SO)cc1. The summed E-state index contributed by atoms with van der Waals surface area (Å²) in [5.74, 6) is 0. The fourth-order valence-electron chi connectivity index (χ4n) is 0.590. The second-order valence-corrected chi connectivity index (χ2v) is 2.38. The molecule has 0 aliphatic heterocycles. The summed E-state index contributed by atoms with van der Waals surface area (Å²) >= 11 is 0.679. The molecular formula is C7H6ClNOS. The maximum absolute atomic E-state index is 8.53. The van der Waals surface area contributed by atoms with Crippen LogP contribution in [-0.2, 0) is 0 Å². The molecule has 58 valence electrons. The molecule has 1 rings (SSSR count). The Morgan fingerprint density at radius 1 is 1.27 bits per heavy atom. The summed E-state index contributed by atoms with van der Waals surface area (Å²) in [6.45, 7) is 0. The molecule has 0 fully saturated rings. The van der Waals surface area contributed by atoms with E-state index < -0.39 is 0 Å². The molecule has 2 nitrogen and oxygen atoms in total. The minimum Gasteiger partial charge on any atom is -0.325 e. The molecular weight excluding hydrogens is 182 g/mol. The Morgan fingerprint density at radius 2 is 1.82 bits per heavy atom. The summed E-state index contributed by atoms with van der Waals surface area (Å²) in [6, 6.07) is 8.71. The quantitative estimate of drug-likeness (QED) is 0.688. The minimum absolute atomic E-state index is 0. The van der Waals surface area contributed by atoms with Gasteiger partial charge in [-0.1, -0.05) is 0 Å². The first-order valence-electron chi connectivity index (χ1n) is 2.68. The van der Waals surface area contributed by atoms with Crippen LogP contribution in [0.2, 0.25) is 0 Å². The van der Waals surface area contributed by atoms with Crippen molar-refractivity contribution < 1.29 is 4.55 Å². The van der Waals surface area contributed by atoms with Crippen LogP contribution in [0.3, 0.4) is 0 Å². The van der Waals surface area contributed by atoms with Crippen molar-refractivity contribution in [2.75, 3.05) is 0 Å². The van der Waals surface area contributed by atoms with Crippen LogP contribution in [0.5, 0.6) is 0 Å². The fraction of sp³-hybridized carbons (Fsp3) is 0. The first-order chi connectivity index (χ1) is 4.86. The number of nitriles is 1. The highest BCUT2D eigenvalue weighted by Gasteiger charge is 1.90. The molecule has 0 atom stereocenters. The van der Waals surface area contributed by atoms with Gasteiger partial charge in [0.05, 0.1) is 11.6 Å². The van der Waals surface area contributed by atoms with E-state index in [4.69, 9.17) is 9.81 Å². The summed E-state index contributed by atoms with van der Waals surface area (Å²) in [6.07, 6.45) is 0. The van der Waals surface area contributed by atoms with Crippen LogP contribution in [-0.4, -0.2) is 4.55 Å². The molecule has 0 spiro atoms. The molecule has 4 heteroatoms. The van der Waals surface area contributed by atoms with Gasteiger partial charge in [-0.2, -0.15) is 5.26 Å². The molecule has 1 aromatic rings. The lowest BCUT2D eigenvalue weighted by atomic mass is 10.2. The van der Waals surface area contributed by atoms with Crippen LogP contribution in [0.1, 0.15) is 5.56 Å². The van der Waals surface area contributed by atoms with E-state index in [9.17, 15) is 0 Å². The van der Waals surface area contributed by atoms with Crippen LogP contribution in [0.25, 0.3) is 0 Å². The van der Waals surface area contributed by atoms with Gasteiger partial charge in [0.15, 0.2) is 0 Å². The molecule has 0 radical (unpaired) electrons. The zero-order valence-electron chi connectivity index (χ0n) is 5.52. The van der Waals surface area contributed by atoms with Gasteiger partial charge in [0.2, 0.25) is 0 Å². The van der Waals surface area contributed by atoms with E-state index in [0.717, 1.165) is 4.90 Å². The molecule has 0 aliphatic rings. The number of nitrogens with zero attached hydrogens (tertiary/aromatic N) is 1. The Bertz CT molecular complexity index is 254. The van der Waals surface area contributed by atoms with Gasteiger partial charge in [-0.05, 0) is 24.3 Å². The Kier molecular flexibility index (Phi) is 4.71. The maximum Gasteiger partial charge on any atom is 0.0991 e. The van der Waals surface area contributed by atoms with E-state index in [1.165, 1.54) is 0 Å². The van der Waals surface area contributed by atoms with Gasteiger partial charge in [-0.15, -0.1) is 12.4 Å². The summed E-state index contributed by atoms with van der Waals surface area (Å²) < 4.78 is 8.53. The lowest BCUT2D eigenvalue weighted by molar-refractivity contribution is 0.664. The van der Waals surface area contributed by atoms with Gasteiger partial charge in [0.25, 0.3) is 0 Å². The molecule has 0 aromatic heterocycles. The molecule has 0 bridgehead atoms. The Labute approximate surface area is 75.5 Å². The molecule has 0 saturated carbocycles. The minimum atomic E-state index is 0. The van der Waals surface area contributed by atoms with Gasteiger partial charge in [0.1, 0.15) is 0 Å². The van der Waals surface area contributed by atoms with E-state index in [2.05, 4.69) is 0 Å². The molecule has 0 unspecified atom stereocenters. The average Bonchev–Trinajstić information content (AvgIpc) is 2.05. The molecule has 1 N–H and O–H groups in total. The van der Waals surface area contributed by atoms with Crippen molar-refractivity contribution in [2.24, 2.45) is 0 Å². The zero-order chi connectivity index (χ0) is 7.40. The maximum atomic E-state index is 8.53. The lowest BCUT2D eigenvalue weighted by Crippen LogP contribution is -1.72. The van der Waals surface area contributed by atoms with Crippen LogP contribution in [0.4, 0.5) is 0 Å². The lowest BCUT2D eigenvalue weighted by Gasteiger charge is -1.91. The third-order valence-electron chi connectivity index (χ3n) is 1.09. The van der Waals surface area contributed by atoms with Crippen molar-refractivity contribution in [1.82, 2.24) is 0 Å². The highest BCUT2D eigenvalue weighted by atomic mass is 35.5. The van der Waals surface area contributed by atoms with Gasteiger partial charge in [0, 0.05) is 16.9 Å². The smallest absolute Gasteiger partial charge is 0.0991 e. The average molecular weight is 188 g/mol. The van der Waals surface area contributed by atoms with E-state index in [0.29, 0.717) is 17.6 Å². The normalized spacial score (nSPS) is 8.00. The van der Waals surface area contributed by atoms with E-state index >= 15 is 0 Å². The van der Waals surface area contributed by atoms with Crippen LogP contribution < -0.4 is 0 Å². The van der Waals surface area contributed by atoms with E-state index in [-0.39, 0.29) is 12.4 Å². The van der Waals surface area contributed by atoms with Crippen molar-refractivity contribution in [3.8, 4) is 6.07 Å². The number of hydrogen-bond acceptors (Lipinski definition) is 3. The second-order valence-electron chi connectivity index (χ2n) is 1.73. The molecule has 11 heavy (non-hydrogen) atoms. The summed E-state index contributed by atoms with van der Waals surface area (Å²) in [5.41, 5.74) is 0.609. The molecule has 0 aliphatic carbocycles. The largest absolute Gasteiger partial charge is 0.325 e. The van der Waals surface area contributed by atoms with E-state index in [1.807, 2.05) is 6.07 Å². The number of halogens is 1. The van der Waals surface area contributed by atoms with Crippen molar-refractivity contribution in [1.29, 1.82) is 5.26 Å². The number of rotatable bonds is 1. The Hall–Kier alpha value is -0.690. The first-order valence-corrected chi connectivity index (χ1v) is 3.46. The predicted octanol–water partition coefficient (Wildman–Crippen LogP) is 2.55. The van der Waals surface area contributed by atoms with Gasteiger partial charge >= 0.3 is 0 Å². The topological polar surface area (TPSA) is 44.0 Å². The highest BCUT2D eigenvalue weighted by Crippen LogP contribution is 2.13. The fourth-order valence-corrected chi connectivity index (χ4v) is 0.848. The predicted molar refractivity (Wildman–Crippen MR) is 46.9 cm³/mol. The van der Waals surface area contributed by atoms with Gasteiger partial charge in [-0.3, -0.25) is 0 Å². The zero-order valence-corrected chi connectivity index (χ0v) is 7.15. The Balaban J connectivity index is 0.000001000. The third kappa shape index (κ3) is 2.81.